The highest BCUT2D eigenvalue weighted by atomic mass is 16.5. The van der Waals surface area contributed by atoms with Crippen LogP contribution in [-0.4, -0.2) is 54.7 Å². The van der Waals surface area contributed by atoms with Gasteiger partial charge >= 0.3 is 0 Å². The van der Waals surface area contributed by atoms with Gasteiger partial charge in [0.15, 0.2) is 5.96 Å². The van der Waals surface area contributed by atoms with E-state index in [1.54, 1.807) is 0 Å². The van der Waals surface area contributed by atoms with E-state index in [4.69, 9.17) is 4.74 Å². The van der Waals surface area contributed by atoms with Crippen molar-refractivity contribution in [2.75, 3.05) is 26.7 Å². The summed E-state index contributed by atoms with van der Waals surface area (Å²) in [6.07, 6.45) is 9.62. The first-order chi connectivity index (χ1) is 12.8. The Balaban J connectivity index is 1.21. The molecule has 3 fully saturated rings. The van der Waals surface area contributed by atoms with Gasteiger partial charge in [-0.25, -0.2) is 4.98 Å². The van der Waals surface area contributed by atoms with Gasteiger partial charge in [0.05, 0.1) is 6.61 Å². The highest BCUT2D eigenvalue weighted by Gasteiger charge is 2.31. The van der Waals surface area contributed by atoms with Gasteiger partial charge in [0.1, 0.15) is 0 Å². The van der Waals surface area contributed by atoms with Crippen LogP contribution in [0.15, 0.2) is 23.3 Å². The van der Waals surface area contributed by atoms with Crippen LogP contribution in [0.5, 0.6) is 5.88 Å². The average Bonchev–Trinajstić information content (AvgIpc) is 3.58. The first-order valence-corrected chi connectivity index (χ1v) is 10.1. The first kappa shape index (κ1) is 17.6. The Morgan fingerprint density at radius 1 is 1.23 bits per heavy atom. The Morgan fingerprint density at radius 2 is 2.04 bits per heavy atom. The van der Waals surface area contributed by atoms with Crippen molar-refractivity contribution in [3.05, 3.63) is 23.9 Å². The minimum absolute atomic E-state index is 0.520. The molecule has 6 heteroatoms. The third-order valence-electron chi connectivity index (χ3n) is 5.58. The number of piperidine rings is 1. The second-order valence-corrected chi connectivity index (χ2v) is 7.87. The van der Waals surface area contributed by atoms with E-state index in [-0.39, 0.29) is 0 Å². The molecule has 142 valence electrons. The van der Waals surface area contributed by atoms with E-state index in [0.717, 1.165) is 42.5 Å². The van der Waals surface area contributed by atoms with E-state index in [1.807, 2.05) is 25.4 Å². The first-order valence-electron chi connectivity index (χ1n) is 10.1. The molecule has 3 aliphatic rings. The van der Waals surface area contributed by atoms with E-state index >= 15 is 0 Å². The summed E-state index contributed by atoms with van der Waals surface area (Å²) >= 11 is 0. The summed E-state index contributed by atoms with van der Waals surface area (Å²) < 4.78 is 5.77. The standard InChI is InChI=1S/C20H31N5O/c1-21-20(24-17-7-10-25(11-8-17)18-4-5-18)23-13-16-6-9-22-19(12-16)26-14-15-2-3-15/h6,9,12,15,17-18H,2-5,7-8,10-11,13-14H2,1H3,(H2,21,23,24). The van der Waals surface area contributed by atoms with Gasteiger partial charge < -0.3 is 20.3 Å². The lowest BCUT2D eigenvalue weighted by atomic mass is 10.1. The van der Waals surface area contributed by atoms with Crippen molar-refractivity contribution in [1.29, 1.82) is 0 Å². The van der Waals surface area contributed by atoms with Gasteiger partial charge in [-0.3, -0.25) is 4.99 Å². The number of ether oxygens (including phenoxy) is 1. The summed E-state index contributed by atoms with van der Waals surface area (Å²) in [7, 11) is 1.84. The maximum atomic E-state index is 5.77. The number of hydrogen-bond donors (Lipinski definition) is 2. The zero-order valence-electron chi connectivity index (χ0n) is 15.8. The number of pyridine rings is 1. The third kappa shape index (κ3) is 5.10. The molecule has 2 N–H and O–H groups in total. The molecule has 6 nitrogen and oxygen atoms in total. The van der Waals surface area contributed by atoms with Gasteiger partial charge in [0.25, 0.3) is 0 Å². The van der Waals surface area contributed by atoms with Crippen LogP contribution in [0.3, 0.4) is 0 Å². The number of likely N-dealkylation sites (tertiary alicyclic amines) is 1. The minimum atomic E-state index is 0.520. The number of aromatic nitrogens is 1. The molecule has 1 aromatic rings. The van der Waals surface area contributed by atoms with Crippen molar-refractivity contribution < 1.29 is 4.74 Å². The Kier molecular flexibility index (Phi) is 5.58. The molecule has 0 bridgehead atoms. The quantitative estimate of drug-likeness (QED) is 0.578. The van der Waals surface area contributed by atoms with Gasteiger partial charge in [-0.15, -0.1) is 0 Å². The van der Waals surface area contributed by atoms with E-state index in [0.29, 0.717) is 6.04 Å². The Bertz CT molecular complexity index is 618. The predicted molar refractivity (Wildman–Crippen MR) is 103 cm³/mol. The van der Waals surface area contributed by atoms with Gasteiger partial charge in [-0.05, 0) is 56.1 Å². The molecular weight excluding hydrogens is 326 g/mol. The van der Waals surface area contributed by atoms with Gasteiger partial charge in [0, 0.05) is 51.0 Å². The highest BCUT2D eigenvalue weighted by molar-refractivity contribution is 5.79. The van der Waals surface area contributed by atoms with E-state index < -0.39 is 0 Å². The normalized spacial score (nSPS) is 22.3. The summed E-state index contributed by atoms with van der Waals surface area (Å²) in [5.41, 5.74) is 1.16. The summed E-state index contributed by atoms with van der Waals surface area (Å²) in [6.45, 7) is 3.95. The van der Waals surface area contributed by atoms with Crippen LogP contribution < -0.4 is 15.4 Å². The van der Waals surface area contributed by atoms with Crippen LogP contribution in [0.4, 0.5) is 0 Å². The van der Waals surface area contributed by atoms with Crippen molar-refractivity contribution in [3.63, 3.8) is 0 Å². The molecule has 1 aliphatic heterocycles. The minimum Gasteiger partial charge on any atom is -0.477 e. The lowest BCUT2D eigenvalue weighted by Gasteiger charge is -2.33. The van der Waals surface area contributed by atoms with E-state index in [1.165, 1.54) is 51.6 Å². The Hall–Kier alpha value is -1.82. The number of guanidine groups is 1. The maximum Gasteiger partial charge on any atom is 0.213 e. The topological polar surface area (TPSA) is 61.8 Å². The Labute approximate surface area is 156 Å². The fourth-order valence-corrected chi connectivity index (χ4v) is 3.55. The van der Waals surface area contributed by atoms with Gasteiger partial charge in [-0.1, -0.05) is 0 Å². The molecule has 2 saturated carbocycles. The van der Waals surface area contributed by atoms with Crippen molar-refractivity contribution in [2.45, 2.75) is 57.2 Å². The summed E-state index contributed by atoms with van der Waals surface area (Å²) in [4.78, 5) is 11.3. The van der Waals surface area contributed by atoms with Crippen LogP contribution in [0.1, 0.15) is 44.1 Å². The molecular formula is C20H31N5O. The molecule has 2 heterocycles. The second-order valence-electron chi connectivity index (χ2n) is 7.87. The number of hydrogen-bond acceptors (Lipinski definition) is 4. The van der Waals surface area contributed by atoms with E-state index in [9.17, 15) is 0 Å². The van der Waals surface area contributed by atoms with Crippen molar-refractivity contribution in [3.8, 4) is 5.88 Å². The van der Waals surface area contributed by atoms with Crippen LogP contribution >= 0.6 is 0 Å². The average molecular weight is 358 g/mol. The largest absolute Gasteiger partial charge is 0.477 e. The summed E-state index contributed by atoms with van der Waals surface area (Å²) in [5, 5.41) is 7.01. The van der Waals surface area contributed by atoms with Crippen molar-refractivity contribution in [2.24, 2.45) is 10.9 Å². The molecule has 4 rings (SSSR count). The Morgan fingerprint density at radius 3 is 2.73 bits per heavy atom. The second kappa shape index (κ2) is 8.25. The molecule has 2 aliphatic carbocycles. The maximum absolute atomic E-state index is 5.77. The van der Waals surface area contributed by atoms with Crippen LogP contribution in [-0.2, 0) is 6.54 Å². The molecule has 0 radical (unpaired) electrons. The molecule has 0 amide bonds. The number of nitrogens with zero attached hydrogens (tertiary/aromatic N) is 3. The number of rotatable bonds is 7. The molecule has 26 heavy (non-hydrogen) atoms. The highest BCUT2D eigenvalue weighted by Crippen LogP contribution is 2.30. The molecule has 1 aromatic heterocycles. The van der Waals surface area contributed by atoms with Crippen LogP contribution in [0.25, 0.3) is 0 Å². The molecule has 0 atom stereocenters. The smallest absolute Gasteiger partial charge is 0.213 e. The SMILES string of the molecule is CN=C(NCc1ccnc(OCC2CC2)c1)NC1CCN(C2CC2)CC1. The summed E-state index contributed by atoms with van der Waals surface area (Å²) in [5.74, 6) is 2.35. The van der Waals surface area contributed by atoms with Crippen LogP contribution in [0.2, 0.25) is 0 Å². The van der Waals surface area contributed by atoms with E-state index in [2.05, 4.69) is 25.5 Å². The monoisotopic (exact) mass is 357 g/mol. The number of aliphatic imine (C=N–C) groups is 1. The van der Waals surface area contributed by atoms with Gasteiger partial charge in [0.2, 0.25) is 5.88 Å². The zero-order chi connectivity index (χ0) is 17.8. The van der Waals surface area contributed by atoms with Crippen LogP contribution in [0, 0.1) is 5.92 Å². The molecule has 0 spiro atoms. The fourth-order valence-electron chi connectivity index (χ4n) is 3.55. The lowest BCUT2D eigenvalue weighted by Crippen LogP contribution is -2.48. The molecule has 1 saturated heterocycles. The molecule has 0 unspecified atom stereocenters. The van der Waals surface area contributed by atoms with Crippen molar-refractivity contribution >= 4 is 5.96 Å². The summed E-state index contributed by atoms with van der Waals surface area (Å²) in [6, 6.07) is 5.46. The zero-order valence-corrected chi connectivity index (χ0v) is 15.8. The lowest BCUT2D eigenvalue weighted by molar-refractivity contribution is 0.197. The third-order valence-corrected chi connectivity index (χ3v) is 5.58. The fraction of sp³-hybridized carbons (Fsp3) is 0.700. The molecule has 0 aromatic carbocycles. The van der Waals surface area contributed by atoms with Gasteiger partial charge in [-0.2, -0.15) is 0 Å². The predicted octanol–water partition coefficient (Wildman–Crippen LogP) is 2.16. The number of nitrogens with one attached hydrogen (secondary N) is 2. The van der Waals surface area contributed by atoms with Crippen molar-refractivity contribution in [1.82, 2.24) is 20.5 Å².